The van der Waals surface area contributed by atoms with Crippen molar-refractivity contribution in [1.29, 1.82) is 5.26 Å². The highest BCUT2D eigenvalue weighted by molar-refractivity contribution is 5.82. The highest BCUT2D eigenvalue weighted by Gasteiger charge is 2.16. The second kappa shape index (κ2) is 7.12. The van der Waals surface area contributed by atoms with Crippen molar-refractivity contribution in [2.24, 2.45) is 0 Å². The highest BCUT2D eigenvalue weighted by Crippen LogP contribution is 2.27. The number of nitrogens with zero attached hydrogens (tertiary/aromatic N) is 4. The fourth-order valence-electron chi connectivity index (χ4n) is 2.98. The maximum Gasteiger partial charge on any atom is 0.234 e. The molecule has 0 spiro atoms. The number of ether oxygens (including phenoxy) is 1. The number of nitriles is 1. The molecule has 28 heavy (non-hydrogen) atoms. The topological polar surface area (TPSA) is 63.7 Å². The minimum Gasteiger partial charge on any atom is -0.472 e. The molecule has 2 aromatic heterocycles. The smallest absolute Gasteiger partial charge is 0.234 e. The Morgan fingerprint density at radius 3 is 2.57 bits per heavy atom. The number of fused-ring (bicyclic) bond motifs is 1. The number of pyridine rings is 1. The van der Waals surface area contributed by atoms with Crippen LogP contribution in [0.4, 0.5) is 4.39 Å². The third-order valence-corrected chi connectivity index (χ3v) is 4.53. The summed E-state index contributed by atoms with van der Waals surface area (Å²) < 4.78 is 21.3. The quantitative estimate of drug-likeness (QED) is 0.524. The highest BCUT2D eigenvalue weighted by atomic mass is 19.1. The largest absolute Gasteiger partial charge is 0.472 e. The SMILES string of the molecule is Cc1ccc(-n2nc(C)c3cc(C#N)c(OCc4ccccc4F)nc32)cc1. The lowest BCUT2D eigenvalue weighted by atomic mass is 10.2. The molecule has 0 radical (unpaired) electrons. The Morgan fingerprint density at radius 2 is 1.86 bits per heavy atom. The summed E-state index contributed by atoms with van der Waals surface area (Å²) in [5.74, 6) is -0.200. The lowest BCUT2D eigenvalue weighted by molar-refractivity contribution is 0.288. The van der Waals surface area contributed by atoms with Gasteiger partial charge in [-0.25, -0.2) is 9.07 Å². The van der Waals surface area contributed by atoms with Crippen molar-refractivity contribution >= 4 is 11.0 Å². The monoisotopic (exact) mass is 372 g/mol. The molecular weight excluding hydrogens is 355 g/mol. The second-order valence-electron chi connectivity index (χ2n) is 6.54. The van der Waals surface area contributed by atoms with Crippen LogP contribution in [0.1, 0.15) is 22.4 Å². The first-order valence-corrected chi connectivity index (χ1v) is 8.80. The molecule has 6 heteroatoms. The van der Waals surface area contributed by atoms with Gasteiger partial charge in [-0.2, -0.15) is 15.3 Å². The Balaban J connectivity index is 1.78. The van der Waals surface area contributed by atoms with Crippen molar-refractivity contribution < 1.29 is 9.13 Å². The first-order chi connectivity index (χ1) is 13.6. The lowest BCUT2D eigenvalue weighted by Crippen LogP contribution is -2.03. The van der Waals surface area contributed by atoms with Gasteiger partial charge in [-0.1, -0.05) is 35.9 Å². The van der Waals surface area contributed by atoms with Gasteiger partial charge in [0.15, 0.2) is 5.65 Å². The molecule has 0 bridgehead atoms. The van der Waals surface area contributed by atoms with E-state index in [9.17, 15) is 9.65 Å². The molecule has 0 N–H and O–H groups in total. The summed E-state index contributed by atoms with van der Waals surface area (Å²) in [6, 6.07) is 18.1. The van der Waals surface area contributed by atoms with Crippen LogP contribution in [-0.2, 0) is 6.61 Å². The zero-order chi connectivity index (χ0) is 19.7. The Morgan fingerprint density at radius 1 is 1.11 bits per heavy atom. The van der Waals surface area contributed by atoms with Crippen LogP contribution >= 0.6 is 0 Å². The molecule has 0 aliphatic rings. The fraction of sp³-hybridized carbons (Fsp3) is 0.136. The molecule has 4 rings (SSSR count). The summed E-state index contributed by atoms with van der Waals surface area (Å²) in [6.07, 6.45) is 0. The normalized spacial score (nSPS) is 10.8. The van der Waals surface area contributed by atoms with Gasteiger partial charge in [0.05, 0.1) is 11.4 Å². The van der Waals surface area contributed by atoms with Crippen molar-refractivity contribution in [1.82, 2.24) is 14.8 Å². The number of benzene rings is 2. The summed E-state index contributed by atoms with van der Waals surface area (Å²) in [6.45, 7) is 3.87. The Bertz CT molecular complexity index is 1210. The zero-order valence-electron chi connectivity index (χ0n) is 15.5. The second-order valence-corrected chi connectivity index (χ2v) is 6.54. The maximum atomic E-state index is 13.9. The van der Waals surface area contributed by atoms with E-state index in [1.165, 1.54) is 6.07 Å². The molecule has 0 aliphatic carbocycles. The Labute approximate surface area is 161 Å². The molecule has 2 heterocycles. The average Bonchev–Trinajstić information content (AvgIpc) is 3.03. The van der Waals surface area contributed by atoms with Crippen LogP contribution in [0, 0.1) is 31.0 Å². The Hall–Kier alpha value is -3.72. The van der Waals surface area contributed by atoms with Crippen molar-refractivity contribution in [3.05, 3.63) is 82.8 Å². The number of halogens is 1. The van der Waals surface area contributed by atoms with Gasteiger partial charge in [0.2, 0.25) is 5.88 Å². The molecule has 0 unspecified atom stereocenters. The Kier molecular flexibility index (Phi) is 4.50. The third-order valence-electron chi connectivity index (χ3n) is 4.53. The van der Waals surface area contributed by atoms with Crippen LogP contribution in [0.3, 0.4) is 0 Å². The van der Waals surface area contributed by atoms with E-state index in [2.05, 4.69) is 16.2 Å². The van der Waals surface area contributed by atoms with Crippen molar-refractivity contribution in [3.63, 3.8) is 0 Å². The molecule has 0 fully saturated rings. The van der Waals surface area contributed by atoms with Gasteiger partial charge in [0.25, 0.3) is 0 Å². The molecule has 2 aromatic carbocycles. The van der Waals surface area contributed by atoms with E-state index >= 15 is 0 Å². The summed E-state index contributed by atoms with van der Waals surface area (Å²) in [5.41, 5.74) is 4.04. The molecule has 0 atom stereocenters. The van der Waals surface area contributed by atoms with E-state index in [1.54, 1.807) is 28.9 Å². The fourth-order valence-corrected chi connectivity index (χ4v) is 2.98. The van der Waals surface area contributed by atoms with Crippen molar-refractivity contribution in [2.75, 3.05) is 0 Å². The first-order valence-electron chi connectivity index (χ1n) is 8.80. The van der Waals surface area contributed by atoms with Crippen LogP contribution < -0.4 is 4.74 Å². The molecular formula is C22H17FN4O. The van der Waals surface area contributed by atoms with Gasteiger partial charge >= 0.3 is 0 Å². The minimum atomic E-state index is -0.359. The molecule has 4 aromatic rings. The van der Waals surface area contributed by atoms with Crippen LogP contribution in [0.2, 0.25) is 0 Å². The average molecular weight is 372 g/mol. The lowest BCUT2D eigenvalue weighted by Gasteiger charge is -2.09. The van der Waals surface area contributed by atoms with Gasteiger partial charge in [-0.15, -0.1) is 0 Å². The van der Waals surface area contributed by atoms with E-state index in [1.807, 2.05) is 38.1 Å². The van der Waals surface area contributed by atoms with Crippen molar-refractivity contribution in [2.45, 2.75) is 20.5 Å². The van der Waals surface area contributed by atoms with Gasteiger partial charge in [-0.3, -0.25) is 0 Å². The number of rotatable bonds is 4. The number of aromatic nitrogens is 3. The summed E-state index contributed by atoms with van der Waals surface area (Å²) >= 11 is 0. The predicted molar refractivity (Wildman–Crippen MR) is 104 cm³/mol. The van der Waals surface area contributed by atoms with Crippen LogP contribution in [0.15, 0.2) is 54.6 Å². The predicted octanol–water partition coefficient (Wildman–Crippen LogP) is 4.63. The van der Waals surface area contributed by atoms with Crippen LogP contribution in [0.5, 0.6) is 5.88 Å². The molecule has 0 saturated carbocycles. The van der Waals surface area contributed by atoms with Gasteiger partial charge in [-0.05, 0) is 38.1 Å². The first kappa shape index (κ1) is 17.7. The number of aryl methyl sites for hydroxylation is 2. The molecule has 0 saturated heterocycles. The van der Waals surface area contributed by atoms with Gasteiger partial charge in [0, 0.05) is 10.9 Å². The third kappa shape index (κ3) is 3.19. The molecule has 5 nitrogen and oxygen atoms in total. The van der Waals surface area contributed by atoms with E-state index < -0.39 is 0 Å². The molecule has 138 valence electrons. The van der Waals surface area contributed by atoms with Gasteiger partial charge in [0.1, 0.15) is 24.1 Å². The van der Waals surface area contributed by atoms with E-state index in [4.69, 9.17) is 4.74 Å². The zero-order valence-corrected chi connectivity index (χ0v) is 15.5. The van der Waals surface area contributed by atoms with Crippen LogP contribution in [-0.4, -0.2) is 14.8 Å². The standard InChI is InChI=1S/C22H17FN4O/c1-14-7-9-18(10-8-14)27-21-19(15(2)26-27)11-17(12-24)22(25-21)28-13-16-5-3-4-6-20(16)23/h3-11H,13H2,1-2H3. The van der Waals surface area contributed by atoms with E-state index in [-0.39, 0.29) is 23.9 Å². The number of hydrogen-bond acceptors (Lipinski definition) is 4. The van der Waals surface area contributed by atoms with Crippen molar-refractivity contribution in [3.8, 4) is 17.6 Å². The summed E-state index contributed by atoms with van der Waals surface area (Å²) in [7, 11) is 0. The van der Waals surface area contributed by atoms with E-state index in [0.29, 0.717) is 11.2 Å². The molecule has 0 amide bonds. The summed E-state index contributed by atoms with van der Waals surface area (Å²) in [5, 5.41) is 14.8. The van der Waals surface area contributed by atoms with E-state index in [0.717, 1.165) is 22.3 Å². The minimum absolute atomic E-state index is 0.0164. The number of hydrogen-bond donors (Lipinski definition) is 0. The maximum absolute atomic E-state index is 13.9. The summed E-state index contributed by atoms with van der Waals surface area (Å²) in [4.78, 5) is 4.54. The van der Waals surface area contributed by atoms with Gasteiger partial charge < -0.3 is 4.74 Å². The molecule has 0 aliphatic heterocycles. The van der Waals surface area contributed by atoms with Crippen LogP contribution in [0.25, 0.3) is 16.7 Å².